The van der Waals surface area contributed by atoms with Gasteiger partial charge in [0.1, 0.15) is 12.4 Å². The van der Waals surface area contributed by atoms with E-state index in [9.17, 15) is 9.59 Å². The Bertz CT molecular complexity index is 1000. The van der Waals surface area contributed by atoms with Crippen molar-refractivity contribution in [2.24, 2.45) is 11.8 Å². The number of hydrogen-bond acceptors (Lipinski definition) is 5. The Morgan fingerprint density at radius 3 is 2.61 bits per heavy atom. The van der Waals surface area contributed by atoms with Gasteiger partial charge in [0.2, 0.25) is 5.91 Å². The highest BCUT2D eigenvalue weighted by molar-refractivity contribution is 5.83. The fraction of sp³-hybridized carbons (Fsp3) is 0.481. The second kappa shape index (κ2) is 9.56. The Balaban J connectivity index is 1.21. The largest absolute Gasteiger partial charge is 0.491 e. The maximum atomic E-state index is 13.2. The Labute approximate surface area is 195 Å². The second-order valence-electron chi connectivity index (χ2n) is 9.48. The number of ether oxygens (including phenoxy) is 2. The zero-order chi connectivity index (χ0) is 22.8. The van der Waals surface area contributed by atoms with Crippen LogP contribution in [0, 0.1) is 11.8 Å². The van der Waals surface area contributed by atoms with E-state index < -0.39 is 0 Å². The summed E-state index contributed by atoms with van der Waals surface area (Å²) in [4.78, 5) is 29.4. The summed E-state index contributed by atoms with van der Waals surface area (Å²) >= 11 is 0. The lowest BCUT2D eigenvalue weighted by atomic mass is 9.96. The smallest absolute Gasteiger partial charge is 0.308 e. The molecule has 1 saturated carbocycles. The van der Waals surface area contributed by atoms with E-state index in [1.807, 2.05) is 29.2 Å². The van der Waals surface area contributed by atoms with Crippen LogP contribution in [0.1, 0.15) is 41.9 Å². The molecule has 2 aromatic rings. The van der Waals surface area contributed by atoms with E-state index in [-0.39, 0.29) is 23.7 Å². The Morgan fingerprint density at radius 2 is 1.85 bits per heavy atom. The normalized spacial score (nSPS) is 23.2. The number of rotatable bonds is 5. The molecule has 1 amide bonds. The minimum Gasteiger partial charge on any atom is -0.491 e. The second-order valence-corrected chi connectivity index (χ2v) is 9.48. The predicted molar refractivity (Wildman–Crippen MR) is 125 cm³/mol. The van der Waals surface area contributed by atoms with Gasteiger partial charge in [-0.05, 0) is 61.5 Å². The van der Waals surface area contributed by atoms with E-state index >= 15 is 0 Å². The van der Waals surface area contributed by atoms with Gasteiger partial charge in [-0.15, -0.1) is 0 Å². The number of esters is 1. The number of piperidine rings is 1. The molecule has 0 aromatic heterocycles. The van der Waals surface area contributed by atoms with Crippen LogP contribution in [-0.2, 0) is 27.4 Å². The van der Waals surface area contributed by atoms with Crippen molar-refractivity contribution in [3.05, 3.63) is 65.2 Å². The first-order valence-electron chi connectivity index (χ1n) is 12.0. The summed E-state index contributed by atoms with van der Waals surface area (Å²) in [7, 11) is 1.46. The minimum absolute atomic E-state index is 0.0217. The molecule has 2 aliphatic heterocycles. The molecule has 0 unspecified atom stereocenters. The summed E-state index contributed by atoms with van der Waals surface area (Å²) in [5.41, 5.74) is 3.57. The summed E-state index contributed by atoms with van der Waals surface area (Å²) in [6.07, 6.45) is 2.62. The number of benzene rings is 2. The van der Waals surface area contributed by atoms with E-state index in [0.717, 1.165) is 50.2 Å². The third kappa shape index (κ3) is 4.91. The number of hydrogen-bond donors (Lipinski definition) is 0. The van der Waals surface area contributed by atoms with Crippen LogP contribution in [0.3, 0.4) is 0 Å². The zero-order valence-corrected chi connectivity index (χ0v) is 19.2. The van der Waals surface area contributed by atoms with Gasteiger partial charge < -0.3 is 14.4 Å². The average molecular weight is 449 g/mol. The summed E-state index contributed by atoms with van der Waals surface area (Å²) in [6.45, 7) is 4.38. The molecule has 33 heavy (non-hydrogen) atoms. The lowest BCUT2D eigenvalue weighted by molar-refractivity contribution is -0.147. The van der Waals surface area contributed by atoms with Gasteiger partial charge in [-0.3, -0.25) is 14.5 Å². The molecular weight excluding hydrogens is 416 g/mol. The molecule has 6 nitrogen and oxygen atoms in total. The van der Waals surface area contributed by atoms with Gasteiger partial charge in [0.05, 0.1) is 19.6 Å². The lowest BCUT2D eigenvalue weighted by Crippen LogP contribution is -2.36. The fourth-order valence-corrected chi connectivity index (χ4v) is 5.26. The van der Waals surface area contributed by atoms with E-state index in [0.29, 0.717) is 25.6 Å². The molecule has 0 N–H and O–H groups in total. The number of nitrogens with zero attached hydrogens (tertiary/aromatic N) is 2. The van der Waals surface area contributed by atoms with Gasteiger partial charge in [0.15, 0.2) is 0 Å². The Hall–Kier alpha value is -2.86. The van der Waals surface area contributed by atoms with Crippen molar-refractivity contribution in [2.75, 3.05) is 33.4 Å². The van der Waals surface area contributed by atoms with E-state index in [2.05, 4.69) is 29.2 Å². The highest BCUT2D eigenvalue weighted by Gasteiger charge is 2.45. The minimum atomic E-state index is -0.0910. The third-order valence-electron chi connectivity index (χ3n) is 7.28. The first kappa shape index (κ1) is 22.0. The van der Waals surface area contributed by atoms with Crippen LogP contribution in [0.15, 0.2) is 48.5 Å². The van der Waals surface area contributed by atoms with Gasteiger partial charge in [0, 0.05) is 24.6 Å². The van der Waals surface area contributed by atoms with Crippen LogP contribution in [0.4, 0.5) is 0 Å². The highest BCUT2D eigenvalue weighted by atomic mass is 16.5. The fourth-order valence-electron chi connectivity index (χ4n) is 5.26. The van der Waals surface area contributed by atoms with Gasteiger partial charge in [-0.2, -0.15) is 0 Å². The van der Waals surface area contributed by atoms with Gasteiger partial charge in [-0.1, -0.05) is 36.4 Å². The molecule has 0 radical (unpaired) electrons. The summed E-state index contributed by atoms with van der Waals surface area (Å²) in [6, 6.07) is 16.7. The number of methoxy groups -OCH3 is 1. The summed E-state index contributed by atoms with van der Waals surface area (Å²) < 4.78 is 10.9. The van der Waals surface area contributed by atoms with E-state index in [1.54, 1.807) is 0 Å². The first-order valence-corrected chi connectivity index (χ1v) is 12.0. The molecule has 0 bridgehead atoms. The molecule has 2 aromatic carbocycles. The molecule has 5 rings (SSSR count). The van der Waals surface area contributed by atoms with Crippen LogP contribution >= 0.6 is 0 Å². The van der Waals surface area contributed by atoms with Gasteiger partial charge >= 0.3 is 5.97 Å². The standard InChI is InChI=1S/C27H32N2O4/c1-32-27(31)21-9-11-28(12-10-21)17-19-7-8-25-22(15-19)18-29(13-14-33-25)26(30)24-16-23(24)20-5-3-2-4-6-20/h2-8,15,21,23-24H,9-14,16-18H2,1H3/t23-,24+/m0/s1. The number of carbonyl (C=O) groups is 2. The predicted octanol–water partition coefficient (Wildman–Crippen LogP) is 3.60. The lowest BCUT2D eigenvalue weighted by Gasteiger charge is -2.30. The Morgan fingerprint density at radius 1 is 1.06 bits per heavy atom. The number of fused-ring (bicyclic) bond motifs is 1. The van der Waals surface area contributed by atoms with Crippen LogP contribution in [0.5, 0.6) is 5.75 Å². The number of carbonyl (C=O) groups excluding carboxylic acids is 2. The summed E-state index contributed by atoms with van der Waals surface area (Å²) in [5.74, 6) is 1.50. The molecule has 2 heterocycles. The monoisotopic (exact) mass is 448 g/mol. The van der Waals surface area contributed by atoms with Crippen molar-refractivity contribution in [1.29, 1.82) is 0 Å². The van der Waals surface area contributed by atoms with Crippen molar-refractivity contribution < 1.29 is 19.1 Å². The van der Waals surface area contributed by atoms with E-state index in [1.165, 1.54) is 18.2 Å². The molecule has 2 atom stereocenters. The highest BCUT2D eigenvalue weighted by Crippen LogP contribution is 2.48. The molecule has 3 aliphatic rings. The first-order chi connectivity index (χ1) is 16.1. The number of likely N-dealkylation sites (tertiary alicyclic amines) is 1. The molecule has 0 spiro atoms. The zero-order valence-electron chi connectivity index (χ0n) is 19.2. The molecule has 2 fully saturated rings. The van der Waals surface area contributed by atoms with E-state index in [4.69, 9.17) is 9.47 Å². The van der Waals surface area contributed by atoms with Crippen molar-refractivity contribution >= 4 is 11.9 Å². The molecule has 1 aliphatic carbocycles. The van der Waals surface area contributed by atoms with Crippen LogP contribution in [0.25, 0.3) is 0 Å². The van der Waals surface area contributed by atoms with Crippen molar-refractivity contribution in [3.8, 4) is 5.75 Å². The Kier molecular flexibility index (Phi) is 6.36. The summed E-state index contributed by atoms with van der Waals surface area (Å²) in [5, 5.41) is 0. The number of amides is 1. The average Bonchev–Trinajstić information content (AvgIpc) is 3.67. The van der Waals surface area contributed by atoms with Gasteiger partial charge in [-0.25, -0.2) is 0 Å². The van der Waals surface area contributed by atoms with Crippen molar-refractivity contribution in [2.45, 2.75) is 38.3 Å². The molecule has 6 heteroatoms. The molecular formula is C27H32N2O4. The topological polar surface area (TPSA) is 59.1 Å². The molecule has 1 saturated heterocycles. The van der Waals surface area contributed by atoms with Crippen LogP contribution in [0.2, 0.25) is 0 Å². The van der Waals surface area contributed by atoms with Gasteiger partial charge in [0.25, 0.3) is 0 Å². The quantitative estimate of drug-likeness (QED) is 0.655. The molecule has 174 valence electrons. The maximum Gasteiger partial charge on any atom is 0.308 e. The van der Waals surface area contributed by atoms with Crippen molar-refractivity contribution in [1.82, 2.24) is 9.80 Å². The van der Waals surface area contributed by atoms with Crippen molar-refractivity contribution in [3.63, 3.8) is 0 Å². The van der Waals surface area contributed by atoms with Crippen LogP contribution in [-0.4, -0.2) is 55.0 Å². The maximum absolute atomic E-state index is 13.2. The SMILES string of the molecule is COC(=O)C1CCN(Cc2ccc3c(c2)CN(C(=O)[C@@H]2C[C@H]2c2ccccc2)CCO3)CC1. The third-order valence-corrected chi connectivity index (χ3v) is 7.28. The van der Waals surface area contributed by atoms with Crippen LogP contribution < -0.4 is 4.74 Å².